The lowest BCUT2D eigenvalue weighted by atomic mass is 9.93. The molecule has 2 aromatic rings. The zero-order valence-corrected chi connectivity index (χ0v) is 12.6. The monoisotopic (exact) mass is 287 g/mol. The lowest BCUT2D eigenvalue weighted by Crippen LogP contribution is -2.50. The Kier molecular flexibility index (Phi) is 4.37. The van der Waals surface area contributed by atoms with Gasteiger partial charge in [0.25, 0.3) is 0 Å². The van der Waals surface area contributed by atoms with Crippen LogP contribution < -0.4 is 11.1 Å². The van der Waals surface area contributed by atoms with E-state index in [-0.39, 0.29) is 5.91 Å². The van der Waals surface area contributed by atoms with E-state index in [1.54, 1.807) is 6.33 Å². The van der Waals surface area contributed by atoms with Gasteiger partial charge in [-0.1, -0.05) is 13.8 Å². The molecule has 0 aliphatic rings. The summed E-state index contributed by atoms with van der Waals surface area (Å²) in [7, 11) is 1.89. The summed E-state index contributed by atoms with van der Waals surface area (Å²) in [5.74, 6) is 0.627. The maximum absolute atomic E-state index is 12.2. The van der Waals surface area contributed by atoms with E-state index in [0.717, 1.165) is 17.1 Å². The second-order valence-electron chi connectivity index (χ2n) is 5.16. The van der Waals surface area contributed by atoms with Gasteiger partial charge in [0.05, 0.1) is 5.54 Å². The van der Waals surface area contributed by atoms with Crippen molar-refractivity contribution >= 4 is 11.6 Å². The van der Waals surface area contributed by atoms with Crippen LogP contribution in [0.2, 0.25) is 0 Å². The molecule has 0 saturated heterocycles. The van der Waals surface area contributed by atoms with Crippen molar-refractivity contribution in [3.8, 4) is 11.4 Å². The van der Waals surface area contributed by atoms with Crippen LogP contribution in [0, 0.1) is 0 Å². The van der Waals surface area contributed by atoms with E-state index in [1.807, 2.05) is 49.7 Å². The minimum atomic E-state index is -0.817. The topological polar surface area (TPSA) is 85.8 Å². The average molecular weight is 287 g/mol. The summed E-state index contributed by atoms with van der Waals surface area (Å²) in [6, 6.07) is 7.48. The molecule has 0 bridgehead atoms. The van der Waals surface area contributed by atoms with Gasteiger partial charge in [-0.25, -0.2) is 0 Å². The Labute approximate surface area is 124 Å². The first-order valence-electron chi connectivity index (χ1n) is 7.05. The summed E-state index contributed by atoms with van der Waals surface area (Å²) in [5.41, 5.74) is 6.93. The SMILES string of the molecule is CCC(N)(CC)C(=O)Nc1ccc(-c2nncn2C)cc1. The van der Waals surface area contributed by atoms with Crippen LogP contribution in [-0.2, 0) is 11.8 Å². The minimum absolute atomic E-state index is 0.154. The fourth-order valence-corrected chi connectivity index (χ4v) is 2.07. The highest BCUT2D eigenvalue weighted by Crippen LogP contribution is 2.20. The number of aryl methyl sites for hydroxylation is 1. The van der Waals surface area contributed by atoms with Gasteiger partial charge in [-0.2, -0.15) is 0 Å². The van der Waals surface area contributed by atoms with Gasteiger partial charge in [0.15, 0.2) is 5.82 Å². The van der Waals surface area contributed by atoms with Crippen LogP contribution in [0.15, 0.2) is 30.6 Å². The van der Waals surface area contributed by atoms with Gasteiger partial charge >= 0.3 is 0 Å². The van der Waals surface area contributed by atoms with Gasteiger partial charge in [-0.05, 0) is 37.1 Å². The third-order valence-electron chi connectivity index (χ3n) is 3.83. The zero-order chi connectivity index (χ0) is 15.5. The van der Waals surface area contributed by atoms with Crippen LogP contribution in [0.3, 0.4) is 0 Å². The highest BCUT2D eigenvalue weighted by molar-refractivity contribution is 5.98. The van der Waals surface area contributed by atoms with Gasteiger partial charge in [0.1, 0.15) is 6.33 Å². The summed E-state index contributed by atoms with van der Waals surface area (Å²) in [4.78, 5) is 12.2. The average Bonchev–Trinajstić information content (AvgIpc) is 2.93. The molecule has 3 N–H and O–H groups in total. The number of anilines is 1. The fourth-order valence-electron chi connectivity index (χ4n) is 2.07. The second kappa shape index (κ2) is 6.05. The number of hydrogen-bond acceptors (Lipinski definition) is 4. The van der Waals surface area contributed by atoms with Crippen LogP contribution in [0.5, 0.6) is 0 Å². The molecule has 1 amide bonds. The maximum Gasteiger partial charge on any atom is 0.244 e. The van der Waals surface area contributed by atoms with Crippen LogP contribution >= 0.6 is 0 Å². The number of nitrogens with one attached hydrogen (secondary N) is 1. The molecule has 6 nitrogen and oxygen atoms in total. The van der Waals surface area contributed by atoms with Gasteiger partial charge in [-0.3, -0.25) is 4.79 Å². The number of carbonyl (C=O) groups excluding carboxylic acids is 1. The summed E-state index contributed by atoms with van der Waals surface area (Å²) in [5, 5.41) is 10.8. The zero-order valence-electron chi connectivity index (χ0n) is 12.6. The van der Waals surface area contributed by atoms with E-state index < -0.39 is 5.54 Å². The van der Waals surface area contributed by atoms with E-state index >= 15 is 0 Å². The molecule has 0 aliphatic heterocycles. The van der Waals surface area contributed by atoms with Crippen LogP contribution in [0.1, 0.15) is 26.7 Å². The van der Waals surface area contributed by atoms with E-state index in [2.05, 4.69) is 15.5 Å². The number of nitrogens with zero attached hydrogens (tertiary/aromatic N) is 3. The Balaban J connectivity index is 2.13. The molecule has 1 aromatic carbocycles. The smallest absolute Gasteiger partial charge is 0.244 e. The molecule has 112 valence electrons. The van der Waals surface area contributed by atoms with Crippen molar-refractivity contribution in [2.24, 2.45) is 12.8 Å². The molecule has 1 heterocycles. The van der Waals surface area contributed by atoms with E-state index in [9.17, 15) is 4.79 Å². The normalized spacial score (nSPS) is 11.4. The predicted molar refractivity (Wildman–Crippen MR) is 82.6 cm³/mol. The van der Waals surface area contributed by atoms with E-state index in [0.29, 0.717) is 12.8 Å². The number of benzene rings is 1. The fraction of sp³-hybridized carbons (Fsp3) is 0.400. The number of rotatable bonds is 5. The molecule has 21 heavy (non-hydrogen) atoms. The lowest BCUT2D eigenvalue weighted by molar-refractivity contribution is -0.121. The van der Waals surface area contributed by atoms with Crippen molar-refractivity contribution in [2.75, 3.05) is 5.32 Å². The quantitative estimate of drug-likeness (QED) is 0.880. The number of amides is 1. The number of aromatic nitrogens is 3. The summed E-state index contributed by atoms with van der Waals surface area (Å²) < 4.78 is 1.84. The Morgan fingerprint density at radius 3 is 2.38 bits per heavy atom. The Morgan fingerprint density at radius 2 is 1.90 bits per heavy atom. The van der Waals surface area contributed by atoms with E-state index in [4.69, 9.17) is 5.73 Å². The Hall–Kier alpha value is -2.21. The van der Waals surface area contributed by atoms with Gasteiger partial charge in [0.2, 0.25) is 5.91 Å². The summed E-state index contributed by atoms with van der Waals surface area (Å²) >= 11 is 0. The van der Waals surface area contributed by atoms with Crippen LogP contribution in [0.4, 0.5) is 5.69 Å². The van der Waals surface area contributed by atoms with Gasteiger partial charge < -0.3 is 15.6 Å². The third kappa shape index (κ3) is 3.11. The molecule has 0 aliphatic carbocycles. The van der Waals surface area contributed by atoms with Gasteiger partial charge in [-0.15, -0.1) is 10.2 Å². The van der Waals surface area contributed by atoms with Crippen molar-refractivity contribution < 1.29 is 4.79 Å². The molecular formula is C15H21N5O. The molecule has 0 radical (unpaired) electrons. The van der Waals surface area contributed by atoms with Crippen molar-refractivity contribution in [3.63, 3.8) is 0 Å². The van der Waals surface area contributed by atoms with Crippen LogP contribution in [-0.4, -0.2) is 26.2 Å². The van der Waals surface area contributed by atoms with Crippen molar-refractivity contribution in [1.82, 2.24) is 14.8 Å². The number of hydrogen-bond donors (Lipinski definition) is 2. The Bertz CT molecular complexity index is 613. The first kappa shape index (κ1) is 15.2. The largest absolute Gasteiger partial charge is 0.324 e. The van der Waals surface area contributed by atoms with Crippen molar-refractivity contribution in [1.29, 1.82) is 0 Å². The molecule has 2 rings (SSSR count). The summed E-state index contributed by atoms with van der Waals surface area (Å²) in [6.45, 7) is 3.83. The summed E-state index contributed by atoms with van der Waals surface area (Å²) in [6.07, 6.45) is 2.86. The predicted octanol–water partition coefficient (Wildman–Crippen LogP) is 1.94. The Morgan fingerprint density at radius 1 is 1.29 bits per heavy atom. The maximum atomic E-state index is 12.2. The highest BCUT2D eigenvalue weighted by Gasteiger charge is 2.29. The first-order valence-corrected chi connectivity index (χ1v) is 7.05. The lowest BCUT2D eigenvalue weighted by Gasteiger charge is -2.25. The molecule has 0 fully saturated rings. The first-order chi connectivity index (χ1) is 10.00. The van der Waals surface area contributed by atoms with Crippen LogP contribution in [0.25, 0.3) is 11.4 Å². The van der Waals surface area contributed by atoms with Crippen molar-refractivity contribution in [2.45, 2.75) is 32.2 Å². The van der Waals surface area contributed by atoms with E-state index in [1.165, 1.54) is 0 Å². The highest BCUT2D eigenvalue weighted by atomic mass is 16.2. The molecule has 1 aromatic heterocycles. The third-order valence-corrected chi connectivity index (χ3v) is 3.83. The second-order valence-corrected chi connectivity index (χ2v) is 5.16. The molecule has 0 saturated carbocycles. The molecule has 0 unspecified atom stereocenters. The molecule has 0 spiro atoms. The number of nitrogens with two attached hydrogens (primary N) is 1. The molecular weight excluding hydrogens is 266 g/mol. The van der Waals surface area contributed by atoms with Gasteiger partial charge in [0, 0.05) is 18.3 Å². The standard InChI is InChI=1S/C15H21N5O/c1-4-15(16,5-2)14(21)18-12-8-6-11(7-9-12)13-19-17-10-20(13)3/h6-10H,4-5,16H2,1-3H3,(H,18,21). The number of carbonyl (C=O) groups is 1. The minimum Gasteiger partial charge on any atom is -0.324 e. The van der Waals surface area contributed by atoms with Crippen molar-refractivity contribution in [3.05, 3.63) is 30.6 Å². The molecule has 6 heteroatoms. The molecule has 0 atom stereocenters.